The highest BCUT2D eigenvalue weighted by Crippen LogP contribution is 2.42. The van der Waals surface area contributed by atoms with Crippen LogP contribution in [0.2, 0.25) is 0 Å². The number of aliphatic carboxylic acids is 5. The SMILES string of the molecule is CCCCCCCCCCCCCCCCCCCCCCC(CC(=O)O)(NCCNCCN)C(CC(=O)O)(CC(=O)O)N(CC(=O)O)CC(=O)O. The topological polar surface area (TPSA) is 240 Å². The van der Waals surface area contributed by atoms with Crippen molar-refractivity contribution < 1.29 is 49.5 Å². The van der Waals surface area contributed by atoms with E-state index >= 15 is 0 Å². The van der Waals surface area contributed by atoms with Crippen molar-refractivity contribution in [2.24, 2.45) is 5.73 Å². The molecule has 0 amide bonds. The van der Waals surface area contributed by atoms with Crippen LogP contribution in [0.1, 0.15) is 161 Å². The van der Waals surface area contributed by atoms with Crippen molar-refractivity contribution in [3.63, 3.8) is 0 Å². The summed E-state index contributed by atoms with van der Waals surface area (Å²) >= 11 is 0. The number of carbonyl (C=O) groups is 5. The average molecular weight is 745 g/mol. The van der Waals surface area contributed by atoms with Crippen molar-refractivity contribution in [3.05, 3.63) is 0 Å². The van der Waals surface area contributed by atoms with Gasteiger partial charge in [0, 0.05) is 31.7 Å². The van der Waals surface area contributed by atoms with Gasteiger partial charge in [0.25, 0.3) is 0 Å². The number of nitrogens with two attached hydrogens (primary N) is 1. The van der Waals surface area contributed by atoms with E-state index in [0.29, 0.717) is 25.9 Å². The molecule has 0 saturated carbocycles. The van der Waals surface area contributed by atoms with Gasteiger partial charge < -0.3 is 41.9 Å². The zero-order valence-electron chi connectivity index (χ0n) is 32.0. The average Bonchev–Trinajstić information content (AvgIpc) is 3.05. The van der Waals surface area contributed by atoms with Gasteiger partial charge in [-0.1, -0.05) is 135 Å². The maximum absolute atomic E-state index is 12.4. The van der Waals surface area contributed by atoms with Crippen molar-refractivity contribution in [1.29, 1.82) is 0 Å². The highest BCUT2D eigenvalue weighted by atomic mass is 16.4. The van der Waals surface area contributed by atoms with Crippen LogP contribution in [0, 0.1) is 0 Å². The number of hydrogen-bond donors (Lipinski definition) is 8. The Morgan fingerprint density at radius 2 is 0.865 bits per heavy atom. The van der Waals surface area contributed by atoms with Gasteiger partial charge in [-0.3, -0.25) is 28.9 Å². The molecule has 14 nitrogen and oxygen atoms in total. The molecule has 0 aromatic carbocycles. The second-order valence-electron chi connectivity index (χ2n) is 14.4. The summed E-state index contributed by atoms with van der Waals surface area (Å²) in [7, 11) is 0. The van der Waals surface area contributed by atoms with Crippen molar-refractivity contribution in [1.82, 2.24) is 15.5 Å². The Hall–Kier alpha value is -2.81. The third kappa shape index (κ3) is 23.0. The lowest BCUT2D eigenvalue weighted by atomic mass is 9.66. The number of carboxylic acid groups (broad SMARTS) is 5. The minimum absolute atomic E-state index is 0.00849. The molecule has 14 heteroatoms. The van der Waals surface area contributed by atoms with Crippen LogP contribution in [0.4, 0.5) is 0 Å². The molecule has 0 rings (SSSR count). The molecule has 0 spiro atoms. The van der Waals surface area contributed by atoms with E-state index in [1.807, 2.05) is 0 Å². The molecule has 1 atom stereocenters. The Kier molecular flexibility index (Phi) is 29.0. The van der Waals surface area contributed by atoms with Gasteiger partial charge in [-0.15, -0.1) is 0 Å². The lowest BCUT2D eigenvalue weighted by Gasteiger charge is -2.55. The summed E-state index contributed by atoms with van der Waals surface area (Å²) in [6.07, 6.45) is 20.7. The van der Waals surface area contributed by atoms with E-state index in [0.717, 1.165) is 30.6 Å². The Morgan fingerprint density at radius 1 is 0.500 bits per heavy atom. The van der Waals surface area contributed by atoms with Crippen LogP contribution >= 0.6 is 0 Å². The van der Waals surface area contributed by atoms with Crippen LogP contribution < -0.4 is 16.4 Å². The van der Waals surface area contributed by atoms with Gasteiger partial charge in [-0.05, 0) is 6.42 Å². The lowest BCUT2D eigenvalue weighted by Crippen LogP contribution is -2.73. The molecule has 9 N–H and O–H groups in total. The molecule has 0 fully saturated rings. The van der Waals surface area contributed by atoms with Crippen molar-refractivity contribution in [2.45, 2.75) is 172 Å². The fraction of sp³-hybridized carbons (Fsp3) is 0.868. The first-order chi connectivity index (χ1) is 24.9. The van der Waals surface area contributed by atoms with Crippen molar-refractivity contribution in [3.8, 4) is 0 Å². The quantitative estimate of drug-likeness (QED) is 0.0352. The molecule has 0 aliphatic heterocycles. The number of nitrogens with zero attached hydrogens (tertiary/aromatic N) is 1. The van der Waals surface area contributed by atoms with Gasteiger partial charge in [0.05, 0.1) is 37.9 Å². The fourth-order valence-electron chi connectivity index (χ4n) is 7.47. The van der Waals surface area contributed by atoms with Crippen LogP contribution in [0.3, 0.4) is 0 Å². The molecule has 0 saturated heterocycles. The molecule has 0 aromatic heterocycles. The summed E-state index contributed by atoms with van der Waals surface area (Å²) in [6.45, 7) is 1.35. The fourth-order valence-corrected chi connectivity index (χ4v) is 7.47. The molecular formula is C38H72N4O10. The normalized spacial score (nSPS) is 12.9. The highest BCUT2D eigenvalue weighted by molar-refractivity contribution is 5.78. The van der Waals surface area contributed by atoms with E-state index in [-0.39, 0.29) is 19.5 Å². The Morgan fingerprint density at radius 3 is 1.19 bits per heavy atom. The Bertz CT molecular complexity index is 967. The minimum atomic E-state index is -2.22. The van der Waals surface area contributed by atoms with E-state index in [9.17, 15) is 49.5 Å². The summed E-state index contributed by atoms with van der Waals surface area (Å²) < 4.78 is 0. The monoisotopic (exact) mass is 745 g/mol. The number of rotatable bonds is 39. The highest BCUT2D eigenvalue weighted by Gasteiger charge is 2.58. The predicted octanol–water partition coefficient (Wildman–Crippen LogP) is 5.71. The van der Waals surface area contributed by atoms with E-state index in [1.165, 1.54) is 89.9 Å². The number of nitrogens with one attached hydrogen (secondary N) is 2. The standard InChI is InChI=1S/C38H72N4O10/c1-2-3-4-5-6-7-8-9-10-11-12-13-14-15-16-17-18-19-20-21-22-37(27-32(43)44,41-26-25-40-24-23-39)38(28-33(45)46,29-34(47)48)42(30-35(49)50)31-36(51)52/h40-41H,2-31,39H2,1H3,(H,43,44)(H,45,46)(H,47,48)(H,49,50)(H,51,52). The largest absolute Gasteiger partial charge is 0.481 e. The number of unbranched alkanes of at least 4 members (excludes halogenated alkanes) is 19. The predicted molar refractivity (Wildman–Crippen MR) is 202 cm³/mol. The molecule has 0 bridgehead atoms. The smallest absolute Gasteiger partial charge is 0.317 e. The summed E-state index contributed by atoms with van der Waals surface area (Å²) in [5, 5.41) is 55.8. The Labute approximate surface area is 311 Å². The minimum Gasteiger partial charge on any atom is -0.481 e. The van der Waals surface area contributed by atoms with Gasteiger partial charge >= 0.3 is 29.8 Å². The van der Waals surface area contributed by atoms with E-state index in [4.69, 9.17) is 5.73 Å². The zero-order chi connectivity index (χ0) is 39.1. The van der Waals surface area contributed by atoms with Gasteiger partial charge in [0.1, 0.15) is 0 Å². The maximum Gasteiger partial charge on any atom is 0.317 e. The second-order valence-corrected chi connectivity index (χ2v) is 14.4. The Balaban J connectivity index is 5.39. The molecule has 0 aromatic rings. The van der Waals surface area contributed by atoms with Crippen LogP contribution in [-0.4, -0.2) is 111 Å². The summed E-state index contributed by atoms with van der Waals surface area (Å²) in [4.78, 5) is 61.9. The lowest BCUT2D eigenvalue weighted by molar-refractivity contribution is -0.163. The molecular weight excluding hydrogens is 672 g/mol. The van der Waals surface area contributed by atoms with Gasteiger partial charge in [0.2, 0.25) is 0 Å². The zero-order valence-corrected chi connectivity index (χ0v) is 32.0. The van der Waals surface area contributed by atoms with Crippen molar-refractivity contribution in [2.75, 3.05) is 39.3 Å². The van der Waals surface area contributed by atoms with Crippen LogP contribution in [-0.2, 0) is 24.0 Å². The molecule has 0 heterocycles. The summed E-state index contributed by atoms with van der Waals surface area (Å²) in [5.74, 6) is -7.39. The first kappa shape index (κ1) is 49.2. The first-order valence-electron chi connectivity index (χ1n) is 19.9. The van der Waals surface area contributed by atoms with Gasteiger partial charge in [0.15, 0.2) is 0 Å². The number of carboxylic acids is 5. The van der Waals surface area contributed by atoms with Gasteiger partial charge in [-0.2, -0.15) is 0 Å². The molecule has 52 heavy (non-hydrogen) atoms. The second kappa shape index (κ2) is 30.6. The number of hydrogen-bond acceptors (Lipinski definition) is 9. The van der Waals surface area contributed by atoms with Gasteiger partial charge in [-0.25, -0.2) is 0 Å². The maximum atomic E-state index is 12.4. The van der Waals surface area contributed by atoms with Crippen LogP contribution in [0.5, 0.6) is 0 Å². The van der Waals surface area contributed by atoms with Crippen molar-refractivity contribution >= 4 is 29.8 Å². The molecule has 0 radical (unpaired) electrons. The summed E-state index contributed by atoms with van der Waals surface area (Å²) in [5.41, 5.74) is 1.52. The van der Waals surface area contributed by atoms with Crippen LogP contribution in [0.25, 0.3) is 0 Å². The van der Waals surface area contributed by atoms with E-state index in [1.54, 1.807) is 0 Å². The molecule has 1 unspecified atom stereocenters. The third-order valence-electron chi connectivity index (χ3n) is 10.0. The molecule has 304 valence electrons. The molecule has 0 aliphatic rings. The van der Waals surface area contributed by atoms with E-state index < -0.39 is 73.3 Å². The molecule has 0 aliphatic carbocycles. The van der Waals surface area contributed by atoms with E-state index in [2.05, 4.69) is 17.6 Å². The first-order valence-corrected chi connectivity index (χ1v) is 19.9. The van der Waals surface area contributed by atoms with Crippen LogP contribution in [0.15, 0.2) is 0 Å². The third-order valence-corrected chi connectivity index (χ3v) is 10.0. The summed E-state index contributed by atoms with van der Waals surface area (Å²) in [6, 6.07) is 0.